The molecule has 0 spiro atoms. The molecular formula is C14H18Cl2N2O. The van der Waals surface area contributed by atoms with Gasteiger partial charge >= 0.3 is 0 Å². The topological polar surface area (TPSA) is 41.1 Å². The molecule has 1 amide bonds. The fourth-order valence-electron chi connectivity index (χ4n) is 2.39. The van der Waals surface area contributed by atoms with Crippen LogP contribution in [-0.2, 0) is 4.79 Å². The van der Waals surface area contributed by atoms with Crippen LogP contribution in [-0.4, -0.2) is 19.0 Å². The van der Waals surface area contributed by atoms with Crippen LogP contribution in [0.5, 0.6) is 0 Å². The summed E-state index contributed by atoms with van der Waals surface area (Å²) in [5, 5.41) is 7.16. The van der Waals surface area contributed by atoms with E-state index < -0.39 is 0 Å². The van der Waals surface area contributed by atoms with Crippen LogP contribution in [0, 0.1) is 11.8 Å². The lowest BCUT2D eigenvalue weighted by Crippen LogP contribution is -2.35. The van der Waals surface area contributed by atoms with Crippen LogP contribution in [0.1, 0.15) is 19.8 Å². The second-order valence-corrected chi connectivity index (χ2v) is 5.81. The number of amides is 1. The van der Waals surface area contributed by atoms with E-state index in [0.717, 1.165) is 25.9 Å². The highest BCUT2D eigenvalue weighted by atomic mass is 35.5. The first-order chi connectivity index (χ1) is 9.08. The zero-order valence-electron chi connectivity index (χ0n) is 10.9. The largest absolute Gasteiger partial charge is 0.326 e. The van der Waals surface area contributed by atoms with Crippen molar-refractivity contribution >= 4 is 34.8 Å². The highest BCUT2D eigenvalue weighted by molar-refractivity contribution is 6.42. The van der Waals surface area contributed by atoms with Gasteiger partial charge in [0.05, 0.1) is 10.0 Å². The van der Waals surface area contributed by atoms with Gasteiger partial charge in [-0.3, -0.25) is 4.79 Å². The number of carbonyl (C=O) groups excluding carboxylic acids is 1. The van der Waals surface area contributed by atoms with Gasteiger partial charge in [-0.15, -0.1) is 0 Å². The number of hydrogen-bond donors (Lipinski definition) is 2. The van der Waals surface area contributed by atoms with Gasteiger partial charge in [-0.2, -0.15) is 0 Å². The van der Waals surface area contributed by atoms with Gasteiger partial charge < -0.3 is 10.6 Å². The van der Waals surface area contributed by atoms with Crippen molar-refractivity contribution in [3.8, 4) is 0 Å². The smallest absolute Gasteiger partial charge is 0.227 e. The van der Waals surface area contributed by atoms with Gasteiger partial charge in [0, 0.05) is 11.6 Å². The first-order valence-corrected chi connectivity index (χ1v) is 7.30. The molecule has 3 nitrogen and oxygen atoms in total. The summed E-state index contributed by atoms with van der Waals surface area (Å²) in [6, 6.07) is 5.13. The van der Waals surface area contributed by atoms with E-state index in [4.69, 9.17) is 23.2 Å². The molecule has 1 unspecified atom stereocenters. The summed E-state index contributed by atoms with van der Waals surface area (Å²) in [5.74, 6) is 0.505. The second kappa shape index (κ2) is 6.60. The third-order valence-corrected chi connectivity index (χ3v) is 4.43. The zero-order chi connectivity index (χ0) is 13.8. The molecule has 1 aliphatic rings. The van der Waals surface area contributed by atoms with E-state index in [-0.39, 0.29) is 11.8 Å². The molecule has 5 heteroatoms. The molecule has 0 radical (unpaired) electrons. The van der Waals surface area contributed by atoms with Crippen LogP contribution in [0.4, 0.5) is 5.69 Å². The highest BCUT2D eigenvalue weighted by Crippen LogP contribution is 2.27. The maximum absolute atomic E-state index is 12.2. The van der Waals surface area contributed by atoms with E-state index in [1.807, 2.05) is 6.92 Å². The number of halogens is 2. The van der Waals surface area contributed by atoms with E-state index in [9.17, 15) is 4.79 Å². The molecule has 1 aromatic carbocycles. The fourth-order valence-corrected chi connectivity index (χ4v) is 2.69. The second-order valence-electron chi connectivity index (χ2n) is 4.99. The summed E-state index contributed by atoms with van der Waals surface area (Å²) in [4.78, 5) is 12.2. The lowest BCUT2D eigenvalue weighted by Gasteiger charge is -2.27. The Bertz CT molecular complexity index is 459. The van der Waals surface area contributed by atoms with Gasteiger partial charge in [-0.1, -0.05) is 30.1 Å². The van der Waals surface area contributed by atoms with E-state index in [0.29, 0.717) is 21.7 Å². The summed E-state index contributed by atoms with van der Waals surface area (Å²) in [7, 11) is 0. The van der Waals surface area contributed by atoms with Crippen LogP contribution in [0.2, 0.25) is 10.0 Å². The van der Waals surface area contributed by atoms with Crippen molar-refractivity contribution in [1.29, 1.82) is 0 Å². The quantitative estimate of drug-likeness (QED) is 0.896. The van der Waals surface area contributed by atoms with Crippen LogP contribution < -0.4 is 10.6 Å². The van der Waals surface area contributed by atoms with Gasteiger partial charge in [0.1, 0.15) is 0 Å². The van der Waals surface area contributed by atoms with Crippen LogP contribution in [0.15, 0.2) is 18.2 Å². The Morgan fingerprint density at radius 1 is 1.32 bits per heavy atom. The Labute approximate surface area is 123 Å². The van der Waals surface area contributed by atoms with Gasteiger partial charge in [0.2, 0.25) is 5.91 Å². The van der Waals surface area contributed by atoms with Gasteiger partial charge in [0.25, 0.3) is 0 Å². The Hall–Kier alpha value is -0.770. The van der Waals surface area contributed by atoms with E-state index in [1.54, 1.807) is 18.2 Å². The average Bonchev–Trinajstić information content (AvgIpc) is 2.43. The maximum atomic E-state index is 12.2. The van der Waals surface area contributed by atoms with Crippen molar-refractivity contribution in [3.63, 3.8) is 0 Å². The summed E-state index contributed by atoms with van der Waals surface area (Å²) in [6.07, 6.45) is 2.10. The number of nitrogens with one attached hydrogen (secondary N) is 2. The van der Waals surface area contributed by atoms with Crippen LogP contribution >= 0.6 is 23.2 Å². The highest BCUT2D eigenvalue weighted by Gasteiger charge is 2.25. The number of carbonyl (C=O) groups is 1. The minimum Gasteiger partial charge on any atom is -0.326 e. The SMILES string of the molecule is CC(C(=O)Nc1ccc(Cl)c(Cl)c1)C1CCNCC1. The number of piperidine rings is 1. The lowest BCUT2D eigenvalue weighted by atomic mass is 9.85. The van der Waals surface area contributed by atoms with Crippen LogP contribution in [0.25, 0.3) is 0 Å². The summed E-state index contributed by atoms with van der Waals surface area (Å²) < 4.78 is 0. The summed E-state index contributed by atoms with van der Waals surface area (Å²) >= 11 is 11.8. The van der Waals surface area contributed by atoms with E-state index in [1.165, 1.54) is 0 Å². The molecule has 19 heavy (non-hydrogen) atoms. The molecule has 1 aliphatic heterocycles. The molecule has 0 aromatic heterocycles. The Kier molecular flexibility index (Phi) is 5.08. The first kappa shape index (κ1) is 14.6. The normalized spacial score (nSPS) is 18.1. The molecule has 0 bridgehead atoms. The molecule has 104 valence electrons. The summed E-state index contributed by atoms with van der Waals surface area (Å²) in [6.45, 7) is 3.98. The Morgan fingerprint density at radius 3 is 2.63 bits per heavy atom. The minimum absolute atomic E-state index is 0.0107. The number of rotatable bonds is 3. The Morgan fingerprint density at radius 2 is 2.00 bits per heavy atom. The van der Waals surface area contributed by atoms with Crippen LogP contribution in [0.3, 0.4) is 0 Å². The molecule has 2 N–H and O–H groups in total. The number of anilines is 1. The molecule has 1 atom stereocenters. The predicted octanol–water partition coefficient (Wildman–Crippen LogP) is 3.57. The van der Waals surface area contributed by atoms with Crippen molar-refractivity contribution in [2.75, 3.05) is 18.4 Å². The third kappa shape index (κ3) is 3.85. The van der Waals surface area contributed by atoms with Crippen molar-refractivity contribution in [3.05, 3.63) is 28.2 Å². The Balaban J connectivity index is 1.97. The molecule has 0 aliphatic carbocycles. The monoisotopic (exact) mass is 300 g/mol. The van der Waals surface area contributed by atoms with Crippen molar-refractivity contribution in [1.82, 2.24) is 5.32 Å². The number of benzene rings is 1. The molecule has 1 saturated heterocycles. The van der Waals surface area contributed by atoms with Gasteiger partial charge in [0.15, 0.2) is 0 Å². The summed E-state index contributed by atoms with van der Waals surface area (Å²) in [5.41, 5.74) is 0.695. The maximum Gasteiger partial charge on any atom is 0.227 e. The van der Waals surface area contributed by atoms with Gasteiger partial charge in [-0.25, -0.2) is 0 Å². The van der Waals surface area contributed by atoms with E-state index in [2.05, 4.69) is 10.6 Å². The molecule has 0 saturated carbocycles. The van der Waals surface area contributed by atoms with Gasteiger partial charge in [-0.05, 0) is 50.0 Å². The molecule has 2 rings (SSSR count). The lowest BCUT2D eigenvalue weighted by molar-refractivity contribution is -0.121. The third-order valence-electron chi connectivity index (χ3n) is 3.69. The molecule has 1 fully saturated rings. The van der Waals surface area contributed by atoms with Crippen molar-refractivity contribution in [2.45, 2.75) is 19.8 Å². The van der Waals surface area contributed by atoms with Crippen molar-refractivity contribution < 1.29 is 4.79 Å². The van der Waals surface area contributed by atoms with E-state index >= 15 is 0 Å². The predicted molar refractivity (Wildman–Crippen MR) is 79.8 cm³/mol. The fraction of sp³-hybridized carbons (Fsp3) is 0.500. The first-order valence-electron chi connectivity index (χ1n) is 6.54. The minimum atomic E-state index is 0.0107. The zero-order valence-corrected chi connectivity index (χ0v) is 12.4. The average molecular weight is 301 g/mol. The molecule has 1 heterocycles. The number of hydrogen-bond acceptors (Lipinski definition) is 2. The molecule has 1 aromatic rings. The molecular weight excluding hydrogens is 283 g/mol. The standard InChI is InChI=1S/C14H18Cl2N2O/c1-9(10-4-6-17-7-5-10)14(19)18-11-2-3-12(15)13(16)8-11/h2-3,8-10,17H,4-7H2,1H3,(H,18,19). The van der Waals surface area contributed by atoms with Crippen molar-refractivity contribution in [2.24, 2.45) is 11.8 Å².